The number of thioether (sulfide) groups is 1. The van der Waals surface area contributed by atoms with Crippen molar-refractivity contribution in [3.05, 3.63) is 41.9 Å². The van der Waals surface area contributed by atoms with Gasteiger partial charge in [0.25, 0.3) is 0 Å². The molecule has 1 aliphatic rings. The molecule has 0 bridgehead atoms. The van der Waals surface area contributed by atoms with Crippen molar-refractivity contribution in [2.75, 3.05) is 0 Å². The van der Waals surface area contributed by atoms with Gasteiger partial charge in [0, 0.05) is 41.5 Å². The number of nitrogens with one attached hydrogen (secondary N) is 1. The number of H-pyrrole nitrogens is 1. The average Bonchev–Trinajstić information content (AvgIpc) is 3.27. The van der Waals surface area contributed by atoms with E-state index >= 15 is 0 Å². The largest absolute Gasteiger partial charge is 0.370 e. The number of rotatable bonds is 8. The van der Waals surface area contributed by atoms with Gasteiger partial charge in [-0.1, -0.05) is 30.0 Å². The second-order valence-electron chi connectivity index (χ2n) is 6.84. The molecule has 3 aromatic rings. The molecule has 0 aliphatic heterocycles. The summed E-state index contributed by atoms with van der Waals surface area (Å²) in [5.74, 6) is 0.476. The number of nitrogens with zero attached hydrogens (tertiary/aromatic N) is 3. The Bertz CT molecular complexity index is 1000. The number of carbonyl (C=O) groups excluding carboxylic acids is 2. The van der Waals surface area contributed by atoms with Gasteiger partial charge >= 0.3 is 0 Å². The maximum atomic E-state index is 13.0. The van der Waals surface area contributed by atoms with Gasteiger partial charge in [0.1, 0.15) is 5.82 Å². The number of hydrogen-bond donors (Lipinski definition) is 2. The molecule has 0 unspecified atom stereocenters. The second-order valence-corrected chi connectivity index (χ2v) is 8.15. The number of nitrogens with two attached hydrogens (primary N) is 1. The first-order valence-corrected chi connectivity index (χ1v) is 9.91. The highest BCUT2D eigenvalue weighted by molar-refractivity contribution is 8.00. The number of para-hydroxylation sites is 1. The van der Waals surface area contributed by atoms with E-state index < -0.39 is 0 Å². The van der Waals surface area contributed by atoms with Crippen LogP contribution in [0.4, 0.5) is 0 Å². The Balaban J connectivity index is 1.55. The van der Waals surface area contributed by atoms with Gasteiger partial charge in [0.15, 0.2) is 10.9 Å². The van der Waals surface area contributed by atoms with E-state index in [-0.39, 0.29) is 23.4 Å². The van der Waals surface area contributed by atoms with E-state index in [0.29, 0.717) is 18.0 Å². The standard InChI is InChI=1S/C19H21N5O2S/c1-11(18(26)14-10-21-15-5-3-2-4-13(14)15)27-19-23-22-17(9-8-16(20)25)24(19)12-6-7-12/h2-5,10-12,21H,6-9H2,1H3,(H2,20,25)/t11-/m1/s1. The van der Waals surface area contributed by atoms with E-state index in [4.69, 9.17) is 5.73 Å². The molecule has 2 heterocycles. The molecule has 4 rings (SSSR count). The Morgan fingerprint density at radius 2 is 2.11 bits per heavy atom. The molecule has 1 amide bonds. The average molecular weight is 383 g/mol. The van der Waals surface area contributed by atoms with Crippen molar-refractivity contribution < 1.29 is 9.59 Å². The lowest BCUT2D eigenvalue weighted by Crippen LogP contribution is -2.15. The molecule has 1 fully saturated rings. The number of aryl methyl sites for hydroxylation is 1. The highest BCUT2D eigenvalue weighted by Crippen LogP contribution is 2.40. The summed E-state index contributed by atoms with van der Waals surface area (Å²) in [5.41, 5.74) is 6.90. The van der Waals surface area contributed by atoms with E-state index in [0.717, 1.165) is 34.7 Å². The number of amides is 1. The first-order chi connectivity index (χ1) is 13.0. The van der Waals surface area contributed by atoms with Crippen molar-refractivity contribution in [3.8, 4) is 0 Å². The summed E-state index contributed by atoms with van der Waals surface area (Å²) in [4.78, 5) is 27.2. The van der Waals surface area contributed by atoms with Crippen LogP contribution >= 0.6 is 11.8 Å². The minimum absolute atomic E-state index is 0.0569. The maximum absolute atomic E-state index is 13.0. The van der Waals surface area contributed by atoms with E-state index in [1.54, 1.807) is 6.20 Å². The molecule has 3 N–H and O–H groups in total. The number of benzene rings is 1. The van der Waals surface area contributed by atoms with Crippen molar-refractivity contribution >= 4 is 34.4 Å². The Labute approximate surface area is 160 Å². The fraction of sp³-hybridized carbons (Fsp3) is 0.368. The fourth-order valence-electron chi connectivity index (χ4n) is 3.20. The van der Waals surface area contributed by atoms with Gasteiger partial charge < -0.3 is 15.3 Å². The van der Waals surface area contributed by atoms with E-state index in [1.807, 2.05) is 31.2 Å². The summed E-state index contributed by atoms with van der Waals surface area (Å²) in [6.45, 7) is 1.89. The van der Waals surface area contributed by atoms with Crippen molar-refractivity contribution in [2.45, 2.75) is 49.1 Å². The van der Waals surface area contributed by atoms with Crippen LogP contribution in [0.15, 0.2) is 35.6 Å². The van der Waals surface area contributed by atoms with Crippen LogP contribution in [-0.2, 0) is 11.2 Å². The van der Waals surface area contributed by atoms with Crippen LogP contribution in [0.5, 0.6) is 0 Å². The van der Waals surface area contributed by atoms with E-state index in [2.05, 4.69) is 19.7 Å². The minimum atomic E-state index is -0.350. The smallest absolute Gasteiger partial charge is 0.217 e. The fourth-order valence-corrected chi connectivity index (χ4v) is 4.20. The minimum Gasteiger partial charge on any atom is -0.370 e. The molecule has 140 valence electrons. The van der Waals surface area contributed by atoms with Crippen molar-refractivity contribution in [1.82, 2.24) is 19.7 Å². The predicted molar refractivity (Wildman–Crippen MR) is 104 cm³/mol. The number of ketones is 1. The lowest BCUT2D eigenvalue weighted by Gasteiger charge is -2.12. The van der Waals surface area contributed by atoms with E-state index in [9.17, 15) is 9.59 Å². The summed E-state index contributed by atoms with van der Waals surface area (Å²) in [5, 5.41) is 9.90. The lowest BCUT2D eigenvalue weighted by molar-refractivity contribution is -0.118. The van der Waals surface area contributed by atoms with Crippen LogP contribution in [0.2, 0.25) is 0 Å². The number of hydrogen-bond acceptors (Lipinski definition) is 5. The van der Waals surface area contributed by atoms with Crippen LogP contribution in [0.1, 0.15) is 48.4 Å². The topological polar surface area (TPSA) is 107 Å². The van der Waals surface area contributed by atoms with Gasteiger partial charge in [0.05, 0.1) is 5.25 Å². The molecule has 27 heavy (non-hydrogen) atoms. The Kier molecular flexibility index (Phi) is 4.73. The zero-order valence-electron chi connectivity index (χ0n) is 15.0. The van der Waals surface area contributed by atoms with Gasteiger partial charge in [-0.25, -0.2) is 0 Å². The van der Waals surface area contributed by atoms with Gasteiger partial charge in [-0.2, -0.15) is 0 Å². The summed E-state index contributed by atoms with van der Waals surface area (Å²) in [7, 11) is 0. The summed E-state index contributed by atoms with van der Waals surface area (Å²) >= 11 is 1.42. The van der Waals surface area contributed by atoms with Crippen molar-refractivity contribution in [1.29, 1.82) is 0 Å². The molecule has 1 aromatic carbocycles. The Hall–Kier alpha value is -2.61. The van der Waals surface area contributed by atoms with Crippen LogP contribution < -0.4 is 5.73 Å². The molecule has 1 saturated carbocycles. The second kappa shape index (κ2) is 7.19. The molecule has 0 saturated heterocycles. The molecule has 1 atom stereocenters. The number of aromatic nitrogens is 4. The molecule has 8 heteroatoms. The number of carbonyl (C=O) groups is 2. The third-order valence-corrected chi connectivity index (χ3v) is 5.81. The van der Waals surface area contributed by atoms with Crippen molar-refractivity contribution in [3.63, 3.8) is 0 Å². The predicted octanol–water partition coefficient (Wildman–Crippen LogP) is 2.88. The van der Waals surface area contributed by atoms with Crippen molar-refractivity contribution in [2.24, 2.45) is 5.73 Å². The SMILES string of the molecule is C[C@@H](Sc1nnc(CCC(N)=O)n1C1CC1)C(=O)c1c[nH]c2ccccc12. The number of fused-ring (bicyclic) bond motifs is 1. The monoisotopic (exact) mass is 383 g/mol. The zero-order valence-corrected chi connectivity index (χ0v) is 15.8. The summed E-state index contributed by atoms with van der Waals surface area (Å²) in [6.07, 6.45) is 4.64. The molecule has 1 aliphatic carbocycles. The summed E-state index contributed by atoms with van der Waals surface area (Å²) < 4.78 is 2.08. The maximum Gasteiger partial charge on any atom is 0.217 e. The van der Waals surface area contributed by atoms with Gasteiger partial charge in [-0.15, -0.1) is 10.2 Å². The van der Waals surface area contributed by atoms with Crippen LogP contribution in [0.25, 0.3) is 10.9 Å². The molecular weight excluding hydrogens is 362 g/mol. The first-order valence-electron chi connectivity index (χ1n) is 9.03. The molecule has 2 aromatic heterocycles. The highest BCUT2D eigenvalue weighted by atomic mass is 32.2. The third kappa shape index (κ3) is 3.62. The summed E-state index contributed by atoms with van der Waals surface area (Å²) in [6, 6.07) is 8.14. The normalized spacial score (nSPS) is 15.1. The number of aromatic amines is 1. The lowest BCUT2D eigenvalue weighted by atomic mass is 10.1. The quantitative estimate of drug-likeness (QED) is 0.459. The van der Waals surface area contributed by atoms with Crippen LogP contribution in [-0.4, -0.2) is 36.7 Å². The van der Waals surface area contributed by atoms with Crippen LogP contribution in [0, 0.1) is 0 Å². The van der Waals surface area contributed by atoms with Gasteiger partial charge in [-0.3, -0.25) is 9.59 Å². The highest BCUT2D eigenvalue weighted by Gasteiger charge is 2.31. The number of Topliss-reactive ketones (excluding diaryl/α,β-unsaturated/α-hetero) is 1. The number of primary amides is 1. The molecular formula is C19H21N5O2S. The molecule has 0 spiro atoms. The first kappa shape index (κ1) is 17.8. The van der Waals surface area contributed by atoms with Gasteiger partial charge in [0.2, 0.25) is 5.91 Å². The molecule has 0 radical (unpaired) electrons. The Morgan fingerprint density at radius 3 is 2.85 bits per heavy atom. The van der Waals surface area contributed by atoms with Crippen LogP contribution in [0.3, 0.4) is 0 Å². The Morgan fingerprint density at radius 1 is 1.33 bits per heavy atom. The van der Waals surface area contributed by atoms with E-state index in [1.165, 1.54) is 11.8 Å². The van der Waals surface area contributed by atoms with Gasteiger partial charge in [-0.05, 0) is 25.8 Å². The third-order valence-electron chi connectivity index (χ3n) is 4.75. The molecule has 7 nitrogen and oxygen atoms in total. The zero-order chi connectivity index (χ0) is 19.0.